The predicted octanol–water partition coefficient (Wildman–Crippen LogP) is 3.87. The summed E-state index contributed by atoms with van der Waals surface area (Å²) in [5, 5.41) is 3.56. The third-order valence-electron chi connectivity index (χ3n) is 4.66. The third kappa shape index (κ3) is 3.86. The van der Waals surface area contributed by atoms with E-state index in [1.807, 2.05) is 20.8 Å². The van der Waals surface area contributed by atoms with Gasteiger partial charge in [0.1, 0.15) is 5.60 Å². The van der Waals surface area contributed by atoms with Crippen LogP contribution in [0.1, 0.15) is 51.2 Å². The van der Waals surface area contributed by atoms with E-state index in [4.69, 9.17) is 4.74 Å². The molecule has 1 N–H and O–H groups in total. The third-order valence-corrected chi connectivity index (χ3v) is 4.66. The van der Waals surface area contributed by atoms with Gasteiger partial charge >= 0.3 is 6.09 Å². The van der Waals surface area contributed by atoms with E-state index in [2.05, 4.69) is 23.5 Å². The molecule has 3 rings (SSSR count). The second-order valence-electron chi connectivity index (χ2n) is 7.73. The molecule has 1 amide bonds. The van der Waals surface area contributed by atoms with Gasteiger partial charge in [-0.05, 0) is 63.6 Å². The first-order chi connectivity index (χ1) is 10.9. The van der Waals surface area contributed by atoms with E-state index in [0.717, 1.165) is 31.1 Å². The minimum Gasteiger partial charge on any atom is -0.443 e. The van der Waals surface area contributed by atoms with Crippen molar-refractivity contribution in [2.24, 2.45) is 5.92 Å². The van der Waals surface area contributed by atoms with Crippen LogP contribution in [0.15, 0.2) is 18.2 Å². The molecule has 1 heterocycles. The number of nitrogens with zero attached hydrogens (tertiary/aromatic N) is 1. The van der Waals surface area contributed by atoms with Crippen LogP contribution in [0.3, 0.4) is 0 Å². The second kappa shape index (κ2) is 6.52. The maximum absolute atomic E-state index is 12.5. The quantitative estimate of drug-likeness (QED) is 0.916. The molecule has 0 spiro atoms. The molecule has 0 bridgehead atoms. The summed E-state index contributed by atoms with van der Waals surface area (Å²) in [7, 11) is 0. The SMILES string of the molecule is CC(C)(C)OC(=O)N1CCc2cccc(CNCC3CCC3)c21. The molecule has 0 unspecified atom stereocenters. The van der Waals surface area contributed by atoms with Crippen molar-refractivity contribution in [1.29, 1.82) is 0 Å². The van der Waals surface area contributed by atoms with Gasteiger partial charge in [-0.3, -0.25) is 4.90 Å². The summed E-state index contributed by atoms with van der Waals surface area (Å²) in [5.74, 6) is 0.841. The Morgan fingerprint density at radius 3 is 2.78 bits per heavy atom. The Balaban J connectivity index is 1.70. The van der Waals surface area contributed by atoms with E-state index in [1.165, 1.54) is 30.4 Å². The van der Waals surface area contributed by atoms with Crippen LogP contribution in [0.25, 0.3) is 0 Å². The van der Waals surface area contributed by atoms with E-state index < -0.39 is 5.60 Å². The lowest BCUT2D eigenvalue weighted by Gasteiger charge is -2.27. The molecule has 0 atom stereocenters. The zero-order valence-electron chi connectivity index (χ0n) is 14.5. The van der Waals surface area contributed by atoms with E-state index >= 15 is 0 Å². The van der Waals surface area contributed by atoms with Crippen LogP contribution in [0, 0.1) is 5.92 Å². The zero-order chi connectivity index (χ0) is 16.4. The number of benzene rings is 1. The molecule has 0 radical (unpaired) electrons. The van der Waals surface area contributed by atoms with Gasteiger partial charge in [0.25, 0.3) is 0 Å². The minimum atomic E-state index is -0.461. The molecular weight excluding hydrogens is 288 g/mol. The minimum absolute atomic E-state index is 0.234. The maximum Gasteiger partial charge on any atom is 0.414 e. The average Bonchev–Trinajstić information content (AvgIpc) is 2.84. The fraction of sp³-hybridized carbons (Fsp3) is 0.632. The number of anilines is 1. The number of fused-ring (bicyclic) bond motifs is 1. The lowest BCUT2D eigenvalue weighted by Crippen LogP contribution is -2.36. The Hall–Kier alpha value is -1.55. The molecule has 1 aliphatic carbocycles. The van der Waals surface area contributed by atoms with Gasteiger partial charge in [0.2, 0.25) is 0 Å². The molecule has 23 heavy (non-hydrogen) atoms. The molecule has 126 valence electrons. The van der Waals surface area contributed by atoms with Crippen LogP contribution in [0.4, 0.5) is 10.5 Å². The predicted molar refractivity (Wildman–Crippen MR) is 92.8 cm³/mol. The molecule has 1 saturated carbocycles. The van der Waals surface area contributed by atoms with Crippen molar-refractivity contribution in [1.82, 2.24) is 5.32 Å². The molecule has 0 aromatic heterocycles. The first kappa shape index (κ1) is 16.3. The highest BCUT2D eigenvalue weighted by Gasteiger charge is 2.30. The van der Waals surface area contributed by atoms with E-state index in [-0.39, 0.29) is 6.09 Å². The van der Waals surface area contributed by atoms with Gasteiger partial charge < -0.3 is 10.1 Å². The molecule has 4 nitrogen and oxygen atoms in total. The Labute approximate surface area is 139 Å². The number of carbonyl (C=O) groups excluding carboxylic acids is 1. The monoisotopic (exact) mass is 316 g/mol. The van der Waals surface area contributed by atoms with Gasteiger partial charge in [0.15, 0.2) is 0 Å². The molecule has 1 aliphatic heterocycles. The number of hydrogen-bond acceptors (Lipinski definition) is 3. The van der Waals surface area contributed by atoms with Crippen LogP contribution in [-0.4, -0.2) is 24.8 Å². The van der Waals surface area contributed by atoms with E-state index in [1.54, 1.807) is 4.90 Å². The van der Waals surface area contributed by atoms with E-state index in [9.17, 15) is 4.79 Å². The Kier molecular flexibility index (Phi) is 4.62. The largest absolute Gasteiger partial charge is 0.443 e. The van der Waals surface area contributed by atoms with Gasteiger partial charge in [0, 0.05) is 13.1 Å². The van der Waals surface area contributed by atoms with Crippen LogP contribution in [-0.2, 0) is 17.7 Å². The summed E-state index contributed by atoms with van der Waals surface area (Å²) in [6, 6.07) is 6.34. The molecule has 1 aromatic rings. The average molecular weight is 316 g/mol. The van der Waals surface area contributed by atoms with Gasteiger partial charge in [0.05, 0.1) is 5.69 Å². The fourth-order valence-electron chi connectivity index (χ4n) is 3.29. The van der Waals surface area contributed by atoms with Gasteiger partial charge in [-0.1, -0.05) is 24.6 Å². The molecule has 2 aliphatic rings. The first-order valence-electron chi connectivity index (χ1n) is 8.76. The standard InChI is InChI=1S/C19H28N2O2/c1-19(2,3)23-18(22)21-11-10-15-8-5-9-16(17(15)21)13-20-12-14-6-4-7-14/h5,8-9,14,20H,4,6-7,10-13H2,1-3H3. The van der Waals surface area contributed by atoms with Crippen LogP contribution < -0.4 is 10.2 Å². The van der Waals surface area contributed by atoms with Gasteiger partial charge in [-0.25, -0.2) is 4.79 Å². The summed E-state index contributed by atoms with van der Waals surface area (Å²) in [6.45, 7) is 8.34. The molecule has 0 saturated heterocycles. The highest BCUT2D eigenvalue weighted by Crippen LogP contribution is 2.33. The topological polar surface area (TPSA) is 41.6 Å². The van der Waals surface area contributed by atoms with Crippen molar-refractivity contribution in [2.75, 3.05) is 18.0 Å². The summed E-state index contributed by atoms with van der Waals surface area (Å²) in [5.41, 5.74) is 3.05. The highest BCUT2D eigenvalue weighted by atomic mass is 16.6. The Morgan fingerprint density at radius 2 is 2.13 bits per heavy atom. The summed E-state index contributed by atoms with van der Waals surface area (Å²) in [6.07, 6.45) is 4.75. The Bertz CT molecular complexity index is 573. The van der Waals surface area contributed by atoms with Crippen LogP contribution >= 0.6 is 0 Å². The zero-order valence-corrected chi connectivity index (χ0v) is 14.5. The Morgan fingerprint density at radius 1 is 1.35 bits per heavy atom. The number of rotatable bonds is 4. The summed E-state index contributed by atoms with van der Waals surface area (Å²) < 4.78 is 5.57. The van der Waals surface area contributed by atoms with Crippen molar-refractivity contribution < 1.29 is 9.53 Å². The molecule has 4 heteroatoms. The van der Waals surface area contributed by atoms with Crippen LogP contribution in [0.2, 0.25) is 0 Å². The number of amides is 1. The molecule has 1 aromatic carbocycles. The molecular formula is C19H28N2O2. The number of ether oxygens (including phenoxy) is 1. The highest BCUT2D eigenvalue weighted by molar-refractivity contribution is 5.91. The number of para-hydroxylation sites is 1. The second-order valence-corrected chi connectivity index (χ2v) is 7.73. The number of nitrogens with one attached hydrogen (secondary N) is 1. The first-order valence-corrected chi connectivity index (χ1v) is 8.76. The lowest BCUT2D eigenvalue weighted by molar-refractivity contribution is 0.0583. The summed E-state index contributed by atoms with van der Waals surface area (Å²) >= 11 is 0. The smallest absolute Gasteiger partial charge is 0.414 e. The van der Waals surface area contributed by atoms with Crippen molar-refractivity contribution in [2.45, 2.75) is 58.6 Å². The summed E-state index contributed by atoms with van der Waals surface area (Å²) in [4.78, 5) is 14.3. The van der Waals surface area contributed by atoms with E-state index in [0.29, 0.717) is 6.54 Å². The van der Waals surface area contributed by atoms with Gasteiger partial charge in [-0.2, -0.15) is 0 Å². The van der Waals surface area contributed by atoms with Gasteiger partial charge in [-0.15, -0.1) is 0 Å². The van der Waals surface area contributed by atoms with Crippen molar-refractivity contribution in [3.63, 3.8) is 0 Å². The number of hydrogen-bond donors (Lipinski definition) is 1. The normalized spacial score (nSPS) is 17.8. The number of carbonyl (C=O) groups is 1. The molecule has 1 fully saturated rings. The van der Waals surface area contributed by atoms with Crippen molar-refractivity contribution in [3.8, 4) is 0 Å². The lowest BCUT2D eigenvalue weighted by atomic mass is 9.85. The van der Waals surface area contributed by atoms with Crippen molar-refractivity contribution in [3.05, 3.63) is 29.3 Å². The maximum atomic E-state index is 12.5. The fourth-order valence-corrected chi connectivity index (χ4v) is 3.29. The van der Waals surface area contributed by atoms with Crippen LogP contribution in [0.5, 0.6) is 0 Å². The van der Waals surface area contributed by atoms with Crippen molar-refractivity contribution >= 4 is 11.8 Å².